The lowest BCUT2D eigenvalue weighted by Crippen LogP contribution is -2.02. The number of H-pyrrole nitrogens is 1. The number of aromatic nitrogens is 2. The van der Waals surface area contributed by atoms with Crippen molar-refractivity contribution in [2.45, 2.75) is 25.2 Å². The first-order valence-electron chi connectivity index (χ1n) is 9.42. The van der Waals surface area contributed by atoms with E-state index in [9.17, 15) is 4.79 Å². The summed E-state index contributed by atoms with van der Waals surface area (Å²) < 4.78 is 0.797. The number of nitrogens with one attached hydrogen (secondary N) is 1. The van der Waals surface area contributed by atoms with Gasteiger partial charge >= 0.3 is 0 Å². The second-order valence-electron chi connectivity index (χ2n) is 7.26. The normalized spacial score (nSPS) is 18.4. The first-order chi connectivity index (χ1) is 14.1. The molecule has 1 saturated carbocycles. The average molecular weight is 440 g/mol. The molecule has 146 valence electrons. The number of carbonyl (C=O) groups is 1. The number of rotatable bonds is 4. The van der Waals surface area contributed by atoms with Gasteiger partial charge in [0.1, 0.15) is 4.38 Å². The van der Waals surface area contributed by atoms with E-state index in [0.29, 0.717) is 17.2 Å². The Morgan fingerprint density at radius 3 is 2.90 bits per heavy atom. The Morgan fingerprint density at radius 1 is 1.28 bits per heavy atom. The van der Waals surface area contributed by atoms with Gasteiger partial charge in [0.25, 0.3) is 5.91 Å². The van der Waals surface area contributed by atoms with Crippen molar-refractivity contribution in [1.29, 1.82) is 0 Å². The maximum absolute atomic E-state index is 12.7. The molecule has 5 rings (SSSR count). The van der Waals surface area contributed by atoms with E-state index in [2.05, 4.69) is 39.5 Å². The zero-order valence-corrected chi connectivity index (χ0v) is 18.1. The monoisotopic (exact) mass is 439 g/mol. The molecule has 1 fully saturated rings. The quantitative estimate of drug-likeness (QED) is 0.503. The summed E-state index contributed by atoms with van der Waals surface area (Å²) >= 11 is 9.26. The van der Waals surface area contributed by atoms with Crippen molar-refractivity contribution < 1.29 is 4.79 Å². The molecule has 3 aromatic rings. The Kier molecular flexibility index (Phi) is 5.02. The van der Waals surface area contributed by atoms with Gasteiger partial charge in [-0.05, 0) is 78.0 Å². The summed E-state index contributed by atoms with van der Waals surface area (Å²) in [5, 5.41) is 8.91. The minimum atomic E-state index is -0.149. The number of halogens is 1. The highest BCUT2D eigenvalue weighted by Crippen LogP contribution is 2.45. The molecule has 0 atom stereocenters. The van der Waals surface area contributed by atoms with Gasteiger partial charge in [0.2, 0.25) is 0 Å². The van der Waals surface area contributed by atoms with Crippen LogP contribution in [0.5, 0.6) is 0 Å². The van der Waals surface area contributed by atoms with E-state index in [-0.39, 0.29) is 5.91 Å². The van der Waals surface area contributed by atoms with Crippen LogP contribution in [0.25, 0.3) is 16.5 Å². The molecule has 0 bridgehead atoms. The highest BCUT2D eigenvalue weighted by molar-refractivity contribution is 8.41. The number of hydrogen-bond donors (Lipinski definition) is 1. The first kappa shape index (κ1) is 19.0. The number of benzene rings is 2. The fraction of sp³-hybridized carbons (Fsp3) is 0.227. The zero-order valence-electron chi connectivity index (χ0n) is 15.7. The van der Waals surface area contributed by atoms with Crippen LogP contribution in [0.4, 0.5) is 0 Å². The molecule has 0 spiro atoms. The largest absolute Gasteiger partial charge is 0.285 e. The van der Waals surface area contributed by atoms with E-state index >= 15 is 0 Å². The third kappa shape index (κ3) is 3.77. The summed E-state index contributed by atoms with van der Waals surface area (Å²) in [5.74, 6) is 0.430. The molecule has 29 heavy (non-hydrogen) atoms. The van der Waals surface area contributed by atoms with Crippen LogP contribution in [0.3, 0.4) is 0 Å². The number of allylic oxidation sites excluding steroid dienone is 1. The van der Waals surface area contributed by atoms with Gasteiger partial charge in [-0.3, -0.25) is 9.89 Å². The smallest absolute Gasteiger partial charge is 0.278 e. The number of hydrogen-bond acceptors (Lipinski definition) is 4. The second kappa shape index (κ2) is 7.67. The van der Waals surface area contributed by atoms with Crippen LogP contribution < -0.4 is 0 Å². The number of thioether (sulfide) groups is 2. The Labute approximate surface area is 182 Å². The molecule has 1 aliphatic carbocycles. The summed E-state index contributed by atoms with van der Waals surface area (Å²) in [6, 6.07) is 12.3. The molecule has 2 aromatic carbocycles. The minimum absolute atomic E-state index is 0.149. The number of carbonyl (C=O) groups excluding carboxylic acids is 1. The van der Waals surface area contributed by atoms with Gasteiger partial charge in [-0.1, -0.05) is 35.5 Å². The van der Waals surface area contributed by atoms with E-state index in [1.165, 1.54) is 47.5 Å². The van der Waals surface area contributed by atoms with E-state index in [1.54, 1.807) is 0 Å². The summed E-state index contributed by atoms with van der Waals surface area (Å²) in [6.07, 6.45) is 6.84. The highest BCUT2D eigenvalue weighted by Gasteiger charge is 2.29. The highest BCUT2D eigenvalue weighted by atomic mass is 35.5. The minimum Gasteiger partial charge on any atom is -0.278 e. The van der Waals surface area contributed by atoms with Gasteiger partial charge in [-0.25, -0.2) is 0 Å². The number of nitrogens with zero attached hydrogens (tertiary/aromatic N) is 2. The van der Waals surface area contributed by atoms with Crippen molar-refractivity contribution in [1.82, 2.24) is 10.2 Å². The summed E-state index contributed by atoms with van der Waals surface area (Å²) in [7, 11) is 0. The van der Waals surface area contributed by atoms with Gasteiger partial charge in [-0.15, -0.1) is 11.8 Å². The molecule has 0 radical (unpaired) electrons. The standard InChI is InChI=1S/C22H18ClN3OS2/c1-28-22-25-21(27)20(29-22)18(13-5-7-19-15(8-13)11-24-26-19)9-14-4-6-16(23)10-17(14)12-2-3-12/h4-8,10-12H,2-3,9H2,1H3,(H,24,26). The number of aromatic amines is 1. The van der Waals surface area contributed by atoms with E-state index < -0.39 is 0 Å². The molecule has 1 aliphatic heterocycles. The molecule has 4 nitrogen and oxygen atoms in total. The van der Waals surface area contributed by atoms with Gasteiger partial charge < -0.3 is 0 Å². The second-order valence-corrected chi connectivity index (χ2v) is 9.75. The molecule has 2 heterocycles. The molecular formula is C22H18ClN3OS2. The van der Waals surface area contributed by atoms with Crippen molar-refractivity contribution in [3.05, 3.63) is 69.2 Å². The molecule has 7 heteroatoms. The van der Waals surface area contributed by atoms with Crippen molar-refractivity contribution in [2.75, 3.05) is 6.26 Å². The Bertz CT molecular complexity index is 1190. The van der Waals surface area contributed by atoms with Crippen LogP contribution in [0, 0.1) is 0 Å². The van der Waals surface area contributed by atoms with E-state index in [0.717, 1.165) is 31.4 Å². The number of aliphatic imine (C=N–C) groups is 1. The summed E-state index contributed by atoms with van der Waals surface area (Å²) in [5.41, 5.74) is 5.57. The van der Waals surface area contributed by atoms with Gasteiger partial charge in [-0.2, -0.15) is 10.1 Å². The maximum Gasteiger partial charge on any atom is 0.285 e. The topological polar surface area (TPSA) is 58.1 Å². The maximum atomic E-state index is 12.7. The predicted octanol–water partition coefficient (Wildman–Crippen LogP) is 6.04. The van der Waals surface area contributed by atoms with Crippen molar-refractivity contribution in [2.24, 2.45) is 4.99 Å². The summed E-state index contributed by atoms with van der Waals surface area (Å²) in [6.45, 7) is 0. The number of fused-ring (bicyclic) bond motifs is 1. The summed E-state index contributed by atoms with van der Waals surface area (Å²) in [4.78, 5) is 17.7. The molecule has 0 unspecified atom stereocenters. The molecule has 0 saturated heterocycles. The van der Waals surface area contributed by atoms with Crippen LogP contribution >= 0.6 is 35.1 Å². The lowest BCUT2D eigenvalue weighted by atomic mass is 9.92. The van der Waals surface area contributed by atoms with Crippen LogP contribution in [0.1, 0.15) is 35.4 Å². The van der Waals surface area contributed by atoms with Crippen LogP contribution in [-0.2, 0) is 11.2 Å². The number of amides is 1. The molecule has 2 aliphatic rings. The van der Waals surface area contributed by atoms with Crippen LogP contribution in [-0.4, -0.2) is 26.7 Å². The lowest BCUT2D eigenvalue weighted by molar-refractivity contribution is -0.113. The molecule has 1 amide bonds. The fourth-order valence-electron chi connectivity index (χ4n) is 3.70. The Hall–Kier alpha value is -2.02. The lowest BCUT2D eigenvalue weighted by Gasteiger charge is -2.15. The van der Waals surface area contributed by atoms with Crippen LogP contribution in [0.15, 0.2) is 52.5 Å². The van der Waals surface area contributed by atoms with Gasteiger partial charge in [0, 0.05) is 10.4 Å². The van der Waals surface area contributed by atoms with Gasteiger partial charge in [0.15, 0.2) is 0 Å². The van der Waals surface area contributed by atoms with E-state index in [1.807, 2.05) is 24.6 Å². The SMILES string of the molecule is CSC1=NC(=O)C(=C(Cc2ccc(Cl)cc2C2CC2)c2ccc3[nH]ncc3c2)S1. The van der Waals surface area contributed by atoms with Crippen molar-refractivity contribution in [3.63, 3.8) is 0 Å². The zero-order chi connectivity index (χ0) is 20.0. The van der Waals surface area contributed by atoms with Crippen LogP contribution in [0.2, 0.25) is 5.02 Å². The third-order valence-electron chi connectivity index (χ3n) is 5.31. The third-order valence-corrected chi connectivity index (χ3v) is 7.62. The fourth-order valence-corrected chi connectivity index (χ4v) is 5.39. The van der Waals surface area contributed by atoms with Gasteiger partial charge in [0.05, 0.1) is 16.6 Å². The molecule has 1 aromatic heterocycles. The van der Waals surface area contributed by atoms with Crippen molar-refractivity contribution >= 4 is 61.9 Å². The Balaban J connectivity index is 1.63. The van der Waals surface area contributed by atoms with Crippen molar-refractivity contribution in [3.8, 4) is 0 Å². The molecular weight excluding hydrogens is 422 g/mol. The van der Waals surface area contributed by atoms with E-state index in [4.69, 9.17) is 11.6 Å². The predicted molar refractivity (Wildman–Crippen MR) is 124 cm³/mol. The average Bonchev–Trinajstić information content (AvgIpc) is 3.35. The Morgan fingerprint density at radius 2 is 2.14 bits per heavy atom. The first-order valence-corrected chi connectivity index (χ1v) is 11.8. The molecule has 1 N–H and O–H groups in total.